The third-order valence-electron chi connectivity index (χ3n) is 9.21. The number of nitrogens with zero attached hydrogens (tertiary/aromatic N) is 4. The zero-order valence-corrected chi connectivity index (χ0v) is 26.2. The number of aliphatic hydroxyl groups is 1. The molecule has 7 rings (SSSR count). The Labute approximate surface area is 249 Å². The molecule has 3 aliphatic rings. The standard InChI is InChI=1S/C34H42N4O3S/c1-23-30-18-32(26-10-14-29(15-11-26)42(5,40)41)36(4)33(30)19-31(35-23)25-8-6-24(7-9-25)20-38-22-27-12-13-28(38)21-37(27)17-16-34(2,3)39/h6-11,14-15,18-19,27-28,39H,12-13,16-17,20-22H2,1-5H3/t27-,28?/m0/s1. The zero-order chi connectivity index (χ0) is 29.8. The van der Waals surface area contributed by atoms with Crippen molar-refractivity contribution in [3.05, 3.63) is 71.9 Å². The molecule has 0 saturated carbocycles. The highest BCUT2D eigenvalue weighted by molar-refractivity contribution is 7.90. The molecule has 4 aromatic rings. The van der Waals surface area contributed by atoms with E-state index in [4.69, 9.17) is 4.98 Å². The van der Waals surface area contributed by atoms with Crippen LogP contribution in [0.15, 0.2) is 65.6 Å². The van der Waals surface area contributed by atoms with Crippen LogP contribution in [0, 0.1) is 6.92 Å². The van der Waals surface area contributed by atoms with Crippen molar-refractivity contribution < 1.29 is 13.5 Å². The van der Waals surface area contributed by atoms with Crippen LogP contribution in [0.4, 0.5) is 0 Å². The third kappa shape index (κ3) is 5.91. The van der Waals surface area contributed by atoms with E-state index in [-0.39, 0.29) is 0 Å². The van der Waals surface area contributed by atoms with Crippen molar-refractivity contribution in [1.82, 2.24) is 19.4 Å². The minimum Gasteiger partial charge on any atom is -0.390 e. The number of pyridine rings is 1. The molecule has 2 aromatic carbocycles. The lowest BCUT2D eigenvalue weighted by Crippen LogP contribution is -2.62. The number of fused-ring (bicyclic) bond motifs is 4. The molecule has 2 atom stereocenters. The number of piperazine rings is 1. The smallest absolute Gasteiger partial charge is 0.175 e. The molecule has 1 N–H and O–H groups in total. The fourth-order valence-electron chi connectivity index (χ4n) is 6.69. The average molecular weight is 587 g/mol. The first-order valence-corrected chi connectivity index (χ1v) is 16.8. The largest absolute Gasteiger partial charge is 0.390 e. The molecule has 2 bridgehead atoms. The van der Waals surface area contributed by atoms with Crippen molar-refractivity contribution in [3.63, 3.8) is 0 Å². The van der Waals surface area contributed by atoms with Gasteiger partial charge in [0.15, 0.2) is 9.84 Å². The van der Waals surface area contributed by atoms with E-state index in [1.807, 2.05) is 40.0 Å². The number of hydrogen-bond donors (Lipinski definition) is 1. The first-order chi connectivity index (χ1) is 19.9. The lowest BCUT2D eigenvalue weighted by molar-refractivity contribution is -0.0370. The number of benzene rings is 2. The number of rotatable bonds is 8. The number of piperidine rings is 2. The summed E-state index contributed by atoms with van der Waals surface area (Å²) in [6, 6.07) is 21.4. The van der Waals surface area contributed by atoms with Crippen LogP contribution in [0.3, 0.4) is 0 Å². The molecule has 222 valence electrons. The summed E-state index contributed by atoms with van der Waals surface area (Å²) in [6.07, 6.45) is 4.56. The van der Waals surface area contributed by atoms with Crippen LogP contribution >= 0.6 is 0 Å². The van der Waals surface area contributed by atoms with Gasteiger partial charge in [0.2, 0.25) is 0 Å². The van der Waals surface area contributed by atoms with E-state index >= 15 is 0 Å². The van der Waals surface area contributed by atoms with Crippen LogP contribution in [0.5, 0.6) is 0 Å². The predicted octanol–water partition coefficient (Wildman–Crippen LogP) is 5.43. The first-order valence-electron chi connectivity index (χ1n) is 14.9. The molecule has 3 saturated heterocycles. The van der Waals surface area contributed by atoms with Crippen LogP contribution in [0.25, 0.3) is 33.4 Å². The second kappa shape index (κ2) is 10.9. The van der Waals surface area contributed by atoms with Gasteiger partial charge in [0.1, 0.15) is 0 Å². The topological polar surface area (TPSA) is 78.7 Å². The van der Waals surface area contributed by atoms with E-state index in [2.05, 4.69) is 50.8 Å². The Morgan fingerprint density at radius 1 is 0.929 bits per heavy atom. The Hall–Kier alpha value is -3.04. The summed E-state index contributed by atoms with van der Waals surface area (Å²) < 4.78 is 25.9. The minimum atomic E-state index is -3.23. The molecule has 0 aliphatic carbocycles. The van der Waals surface area contributed by atoms with Crippen molar-refractivity contribution in [2.24, 2.45) is 7.05 Å². The molecule has 1 unspecified atom stereocenters. The van der Waals surface area contributed by atoms with Crippen molar-refractivity contribution >= 4 is 20.7 Å². The molecular formula is C34H42N4O3S. The summed E-state index contributed by atoms with van der Waals surface area (Å²) in [7, 11) is -1.18. The molecular weight excluding hydrogens is 544 g/mol. The Balaban J connectivity index is 1.18. The highest BCUT2D eigenvalue weighted by atomic mass is 32.2. The average Bonchev–Trinajstić information content (AvgIpc) is 3.29. The van der Waals surface area contributed by atoms with Crippen LogP contribution in [0.1, 0.15) is 44.4 Å². The fraction of sp³-hybridized carbons (Fsp3) is 0.441. The van der Waals surface area contributed by atoms with Crippen LogP contribution in [-0.4, -0.2) is 76.4 Å². The van der Waals surface area contributed by atoms with E-state index in [1.165, 1.54) is 24.7 Å². The normalized spacial score (nSPS) is 20.0. The summed E-state index contributed by atoms with van der Waals surface area (Å²) in [5.41, 5.74) is 6.84. The number of sulfone groups is 1. The quantitative estimate of drug-likeness (QED) is 0.297. The Bertz CT molecular complexity index is 1700. The van der Waals surface area contributed by atoms with Crippen LogP contribution in [-0.2, 0) is 23.4 Å². The second-order valence-corrected chi connectivity index (χ2v) is 15.0. The molecule has 2 aromatic heterocycles. The molecule has 0 spiro atoms. The summed E-state index contributed by atoms with van der Waals surface area (Å²) in [4.78, 5) is 10.5. The second-order valence-electron chi connectivity index (χ2n) is 13.0. The van der Waals surface area contributed by atoms with Gasteiger partial charge in [0.05, 0.1) is 21.7 Å². The van der Waals surface area contributed by atoms with Crippen molar-refractivity contribution in [1.29, 1.82) is 0 Å². The molecule has 7 nitrogen and oxygen atoms in total. The van der Waals surface area contributed by atoms with Crippen LogP contribution < -0.4 is 0 Å². The molecule has 5 heterocycles. The highest BCUT2D eigenvalue weighted by Gasteiger charge is 2.38. The van der Waals surface area contributed by atoms with E-state index in [9.17, 15) is 13.5 Å². The molecule has 0 radical (unpaired) electrons. The fourth-order valence-corrected chi connectivity index (χ4v) is 7.32. The molecule has 0 amide bonds. The van der Waals surface area contributed by atoms with Gasteiger partial charge in [-0.15, -0.1) is 0 Å². The molecule has 3 aliphatic heterocycles. The van der Waals surface area contributed by atoms with Gasteiger partial charge in [0, 0.05) is 73.9 Å². The summed E-state index contributed by atoms with van der Waals surface area (Å²) in [5.74, 6) is 0. The van der Waals surface area contributed by atoms with Crippen molar-refractivity contribution in [3.8, 4) is 22.5 Å². The third-order valence-corrected chi connectivity index (χ3v) is 10.3. The zero-order valence-electron chi connectivity index (χ0n) is 25.3. The number of aryl methyl sites for hydroxylation is 2. The number of aromatic nitrogens is 2. The molecule has 3 fully saturated rings. The van der Waals surface area contributed by atoms with Crippen LogP contribution in [0.2, 0.25) is 0 Å². The van der Waals surface area contributed by atoms with E-state index in [0.29, 0.717) is 17.0 Å². The molecule has 42 heavy (non-hydrogen) atoms. The first kappa shape index (κ1) is 29.1. The van der Waals surface area contributed by atoms with Gasteiger partial charge in [-0.2, -0.15) is 0 Å². The maximum atomic E-state index is 11.9. The SMILES string of the molecule is Cc1nc(-c2ccc(CN3C[C@@H]4CCC3CN4CCC(C)(C)O)cc2)cc2c1cc(-c1ccc(S(C)(=O)=O)cc1)n2C. The lowest BCUT2D eigenvalue weighted by atomic mass is 9.89. The summed E-state index contributed by atoms with van der Waals surface area (Å²) >= 11 is 0. The summed E-state index contributed by atoms with van der Waals surface area (Å²) in [6.45, 7) is 9.99. The predicted molar refractivity (Wildman–Crippen MR) is 169 cm³/mol. The lowest BCUT2D eigenvalue weighted by Gasteiger charge is -2.52. The number of hydrogen-bond acceptors (Lipinski definition) is 6. The highest BCUT2D eigenvalue weighted by Crippen LogP contribution is 2.33. The van der Waals surface area contributed by atoms with Gasteiger partial charge in [-0.1, -0.05) is 36.4 Å². The van der Waals surface area contributed by atoms with Gasteiger partial charge in [0.25, 0.3) is 0 Å². The van der Waals surface area contributed by atoms with E-state index in [0.717, 1.165) is 71.7 Å². The van der Waals surface area contributed by atoms with Gasteiger partial charge in [-0.3, -0.25) is 14.8 Å². The molecule has 8 heteroatoms. The maximum absolute atomic E-state index is 11.9. The van der Waals surface area contributed by atoms with Gasteiger partial charge < -0.3 is 9.67 Å². The van der Waals surface area contributed by atoms with E-state index in [1.54, 1.807) is 12.1 Å². The summed E-state index contributed by atoms with van der Waals surface area (Å²) in [5, 5.41) is 11.3. The monoisotopic (exact) mass is 586 g/mol. The van der Waals surface area contributed by atoms with Gasteiger partial charge in [-0.05, 0) is 75.4 Å². The van der Waals surface area contributed by atoms with Gasteiger partial charge >= 0.3 is 0 Å². The van der Waals surface area contributed by atoms with Crippen molar-refractivity contribution in [2.45, 2.75) is 69.2 Å². The van der Waals surface area contributed by atoms with E-state index < -0.39 is 15.4 Å². The Morgan fingerprint density at radius 3 is 2.14 bits per heavy atom. The Kier molecular flexibility index (Phi) is 7.54. The Morgan fingerprint density at radius 2 is 1.55 bits per heavy atom. The van der Waals surface area contributed by atoms with Crippen molar-refractivity contribution in [2.75, 3.05) is 25.9 Å². The van der Waals surface area contributed by atoms with Gasteiger partial charge in [-0.25, -0.2) is 8.42 Å². The maximum Gasteiger partial charge on any atom is 0.175 e. The minimum absolute atomic E-state index is 0.325.